The summed E-state index contributed by atoms with van der Waals surface area (Å²) in [5, 5.41) is 12.8. The van der Waals surface area contributed by atoms with Crippen molar-refractivity contribution in [3.63, 3.8) is 0 Å². The first-order valence-corrected chi connectivity index (χ1v) is 9.79. The highest BCUT2D eigenvalue weighted by molar-refractivity contribution is 5.79. The lowest BCUT2D eigenvalue weighted by Crippen LogP contribution is -2.39. The van der Waals surface area contributed by atoms with Gasteiger partial charge in [0.2, 0.25) is 0 Å². The van der Waals surface area contributed by atoms with Gasteiger partial charge in [0.1, 0.15) is 17.0 Å². The van der Waals surface area contributed by atoms with Crippen LogP contribution in [0.1, 0.15) is 52.7 Å². The van der Waals surface area contributed by atoms with Crippen LogP contribution in [0.3, 0.4) is 0 Å². The fraction of sp³-hybridized carbons (Fsp3) is 0.417. The standard InChI is InChI=1S/C24H31NO4/c1-23(2,3)28-20-14-12-18(13-15-20)16-21(22(26)29-24(4,5)6)25(27)17-19-10-8-7-9-11-19/h7-15,17,21H,16H2,1-6H3/b25-17-/t21-/m0/s1. The molecular weight excluding hydrogens is 366 g/mol. The van der Waals surface area contributed by atoms with E-state index >= 15 is 0 Å². The van der Waals surface area contributed by atoms with Gasteiger partial charge in [-0.15, -0.1) is 0 Å². The SMILES string of the molecule is CC(C)(C)OC(=O)[C@H](Cc1ccc(OC(C)(C)C)cc1)/[N+]([O-])=C/c1ccccc1. The highest BCUT2D eigenvalue weighted by Gasteiger charge is 2.31. The molecule has 0 aliphatic carbocycles. The van der Waals surface area contributed by atoms with Gasteiger partial charge in [-0.2, -0.15) is 4.74 Å². The van der Waals surface area contributed by atoms with Crippen LogP contribution in [0.2, 0.25) is 0 Å². The van der Waals surface area contributed by atoms with Gasteiger partial charge in [0.05, 0.1) is 0 Å². The number of carbonyl (C=O) groups excluding carboxylic acids is 1. The maximum absolute atomic E-state index is 12.8. The summed E-state index contributed by atoms with van der Waals surface area (Å²) in [6.07, 6.45) is 1.66. The number of esters is 1. The lowest BCUT2D eigenvalue weighted by atomic mass is 10.1. The summed E-state index contributed by atoms with van der Waals surface area (Å²) in [6.45, 7) is 11.3. The van der Waals surface area contributed by atoms with Crippen LogP contribution in [0.5, 0.6) is 5.75 Å². The highest BCUT2D eigenvalue weighted by Crippen LogP contribution is 2.20. The summed E-state index contributed by atoms with van der Waals surface area (Å²) in [6, 6.07) is 15.6. The Bertz CT molecular complexity index is 828. The van der Waals surface area contributed by atoms with Gasteiger partial charge in [0.15, 0.2) is 6.21 Å². The Morgan fingerprint density at radius 3 is 2.07 bits per heavy atom. The van der Waals surface area contributed by atoms with Crippen molar-refractivity contribution in [3.05, 3.63) is 70.9 Å². The minimum absolute atomic E-state index is 0.234. The molecule has 0 unspecified atom stereocenters. The maximum atomic E-state index is 12.8. The van der Waals surface area contributed by atoms with Crippen molar-refractivity contribution in [3.8, 4) is 5.75 Å². The largest absolute Gasteiger partial charge is 0.623 e. The predicted molar refractivity (Wildman–Crippen MR) is 115 cm³/mol. The van der Waals surface area contributed by atoms with Crippen LogP contribution in [0, 0.1) is 5.21 Å². The van der Waals surface area contributed by atoms with E-state index in [1.54, 1.807) is 20.8 Å². The monoisotopic (exact) mass is 397 g/mol. The number of rotatable bonds is 6. The predicted octanol–water partition coefficient (Wildman–Crippen LogP) is 4.75. The summed E-state index contributed by atoms with van der Waals surface area (Å²) < 4.78 is 12.0. The molecule has 5 heteroatoms. The Morgan fingerprint density at radius 1 is 0.966 bits per heavy atom. The molecule has 0 fully saturated rings. The second kappa shape index (κ2) is 9.12. The van der Waals surface area contributed by atoms with Gasteiger partial charge in [-0.3, -0.25) is 0 Å². The molecule has 0 radical (unpaired) electrons. The number of ether oxygens (including phenoxy) is 2. The van der Waals surface area contributed by atoms with Crippen LogP contribution in [-0.2, 0) is 16.0 Å². The van der Waals surface area contributed by atoms with Crippen molar-refractivity contribution in [1.29, 1.82) is 0 Å². The fourth-order valence-electron chi connectivity index (χ4n) is 2.69. The number of benzene rings is 2. The van der Waals surface area contributed by atoms with Gasteiger partial charge in [0.25, 0.3) is 6.04 Å². The molecule has 2 rings (SSSR count). The minimum Gasteiger partial charge on any atom is -0.623 e. The Morgan fingerprint density at radius 2 is 1.55 bits per heavy atom. The number of hydrogen-bond donors (Lipinski definition) is 0. The molecule has 0 saturated heterocycles. The van der Waals surface area contributed by atoms with Crippen molar-refractivity contribution < 1.29 is 19.0 Å². The van der Waals surface area contributed by atoms with Crippen molar-refractivity contribution in [2.75, 3.05) is 0 Å². The lowest BCUT2D eigenvalue weighted by Gasteiger charge is -2.24. The molecule has 0 saturated carbocycles. The lowest BCUT2D eigenvalue weighted by molar-refractivity contribution is -0.485. The summed E-state index contributed by atoms with van der Waals surface area (Å²) in [4.78, 5) is 12.7. The van der Waals surface area contributed by atoms with Crippen LogP contribution in [0.4, 0.5) is 0 Å². The minimum atomic E-state index is -0.983. The zero-order chi connectivity index (χ0) is 21.7. The smallest absolute Gasteiger partial charge is 0.377 e. The van der Waals surface area contributed by atoms with Gasteiger partial charge in [-0.25, -0.2) is 4.79 Å². The first-order chi connectivity index (χ1) is 13.4. The molecule has 5 nitrogen and oxygen atoms in total. The van der Waals surface area contributed by atoms with E-state index in [-0.39, 0.29) is 12.0 Å². The van der Waals surface area contributed by atoms with Crippen LogP contribution < -0.4 is 4.74 Å². The molecule has 0 amide bonds. The molecule has 0 bridgehead atoms. The molecule has 0 spiro atoms. The van der Waals surface area contributed by atoms with E-state index in [4.69, 9.17) is 9.47 Å². The van der Waals surface area contributed by atoms with Crippen molar-refractivity contribution in [1.82, 2.24) is 0 Å². The van der Waals surface area contributed by atoms with E-state index in [9.17, 15) is 10.0 Å². The number of carbonyl (C=O) groups is 1. The number of nitrogens with zero attached hydrogens (tertiary/aromatic N) is 1. The average molecular weight is 398 g/mol. The molecule has 0 aliphatic heterocycles. The van der Waals surface area contributed by atoms with E-state index in [1.165, 1.54) is 6.21 Å². The van der Waals surface area contributed by atoms with E-state index in [2.05, 4.69) is 0 Å². The van der Waals surface area contributed by atoms with E-state index < -0.39 is 17.6 Å². The highest BCUT2D eigenvalue weighted by atomic mass is 16.6. The van der Waals surface area contributed by atoms with Crippen molar-refractivity contribution in [2.45, 2.75) is 65.2 Å². The number of hydrogen-bond acceptors (Lipinski definition) is 4. The zero-order valence-corrected chi connectivity index (χ0v) is 18.1. The van der Waals surface area contributed by atoms with Gasteiger partial charge in [-0.1, -0.05) is 30.3 Å². The second-order valence-corrected chi connectivity index (χ2v) is 9.01. The number of hydroxylamine groups is 1. The zero-order valence-electron chi connectivity index (χ0n) is 18.1. The average Bonchev–Trinajstić information content (AvgIpc) is 2.59. The van der Waals surface area contributed by atoms with E-state index in [1.807, 2.05) is 75.4 Å². The van der Waals surface area contributed by atoms with Crippen molar-refractivity contribution in [2.24, 2.45) is 0 Å². The summed E-state index contributed by atoms with van der Waals surface area (Å²) >= 11 is 0. The molecule has 0 aliphatic rings. The Kier molecular flexibility index (Phi) is 7.07. The normalized spacial score (nSPS) is 13.7. The van der Waals surface area contributed by atoms with Gasteiger partial charge < -0.3 is 14.7 Å². The van der Waals surface area contributed by atoms with Gasteiger partial charge in [0, 0.05) is 12.0 Å². The molecule has 29 heavy (non-hydrogen) atoms. The molecule has 2 aromatic carbocycles. The van der Waals surface area contributed by atoms with Crippen LogP contribution in [-0.4, -0.2) is 34.2 Å². The first-order valence-electron chi connectivity index (χ1n) is 9.79. The van der Waals surface area contributed by atoms with E-state index in [0.29, 0.717) is 4.74 Å². The summed E-state index contributed by atoms with van der Waals surface area (Å²) in [5.74, 6) is 0.194. The topological polar surface area (TPSA) is 61.6 Å². The Labute approximate surface area is 173 Å². The molecule has 156 valence electrons. The van der Waals surface area contributed by atoms with Gasteiger partial charge in [-0.05, 0) is 71.4 Å². The van der Waals surface area contributed by atoms with Crippen molar-refractivity contribution >= 4 is 12.2 Å². The maximum Gasteiger partial charge on any atom is 0.377 e. The Balaban J connectivity index is 2.25. The van der Waals surface area contributed by atoms with Crippen LogP contribution in [0.25, 0.3) is 0 Å². The third-order valence-electron chi connectivity index (χ3n) is 3.84. The molecular formula is C24H31NO4. The Hall–Kier alpha value is -2.82. The molecule has 0 aromatic heterocycles. The third kappa shape index (κ3) is 7.98. The fourth-order valence-corrected chi connectivity index (χ4v) is 2.69. The van der Waals surface area contributed by atoms with Gasteiger partial charge >= 0.3 is 5.97 Å². The quantitative estimate of drug-likeness (QED) is 0.232. The van der Waals surface area contributed by atoms with E-state index in [0.717, 1.165) is 16.9 Å². The molecule has 0 heterocycles. The summed E-state index contributed by atoms with van der Waals surface area (Å²) in [5.41, 5.74) is 0.610. The van der Waals surface area contributed by atoms with Crippen LogP contribution >= 0.6 is 0 Å². The first kappa shape index (κ1) is 22.5. The van der Waals surface area contributed by atoms with Crippen LogP contribution in [0.15, 0.2) is 54.6 Å². The summed E-state index contributed by atoms with van der Waals surface area (Å²) in [7, 11) is 0. The third-order valence-corrected chi connectivity index (χ3v) is 3.84. The molecule has 1 atom stereocenters. The second-order valence-electron chi connectivity index (χ2n) is 9.01. The molecule has 0 N–H and O–H groups in total. The molecule has 2 aromatic rings.